The molecule has 0 atom stereocenters. The van der Waals surface area contributed by atoms with Gasteiger partial charge in [-0.3, -0.25) is 0 Å². The molecule has 0 aliphatic carbocycles. The number of unbranched alkanes of at least 4 members (excludes halogenated alkanes) is 7. The van der Waals surface area contributed by atoms with Crippen molar-refractivity contribution in [1.82, 2.24) is 0 Å². The van der Waals surface area contributed by atoms with Gasteiger partial charge in [0.25, 0.3) is 0 Å². The molecule has 2 rings (SSSR count). The van der Waals surface area contributed by atoms with Gasteiger partial charge in [0.15, 0.2) is 0 Å². The molecule has 0 heteroatoms. The van der Waals surface area contributed by atoms with Gasteiger partial charge in [-0.2, -0.15) is 0 Å². The van der Waals surface area contributed by atoms with E-state index in [4.69, 9.17) is 0 Å². The average molecular weight is 293 g/mol. The fraction of sp³-hybridized carbons (Fsp3) is 0.409. The number of hydrogen-bond donors (Lipinski definition) is 0. The van der Waals surface area contributed by atoms with Crippen LogP contribution < -0.4 is 0 Å². The second-order valence-corrected chi connectivity index (χ2v) is 6.10. The Kier molecular flexibility index (Phi) is 8.45. The van der Waals surface area contributed by atoms with E-state index in [1.54, 1.807) is 0 Å². The molecule has 0 amide bonds. The van der Waals surface area contributed by atoms with E-state index >= 15 is 0 Å². The summed E-state index contributed by atoms with van der Waals surface area (Å²) in [4.78, 5) is 0. The zero-order valence-corrected chi connectivity index (χ0v) is 13.7. The summed E-state index contributed by atoms with van der Waals surface area (Å²) in [6.45, 7) is 0. The first-order valence-electron chi connectivity index (χ1n) is 8.84. The molecule has 0 nitrogen and oxygen atoms in total. The highest BCUT2D eigenvalue weighted by Gasteiger charge is 1.95. The van der Waals surface area contributed by atoms with Gasteiger partial charge >= 0.3 is 0 Å². The smallest absolute Gasteiger partial charge is 0.0279 e. The van der Waals surface area contributed by atoms with Crippen molar-refractivity contribution < 1.29 is 0 Å². The minimum absolute atomic E-state index is 1.23. The standard InChI is InChI=1S/C22H29/c1(3-5-9-15-21-17-11-7-12-18-21)2-4-6-10-16-22-19-13-8-14-20-22/h1,7-8,11-14,17-20H,2-6,9-10,15-16H2. The first kappa shape index (κ1) is 16.8. The third-order valence-electron chi connectivity index (χ3n) is 4.18. The second-order valence-electron chi connectivity index (χ2n) is 6.10. The molecular formula is C22H29. The summed E-state index contributed by atoms with van der Waals surface area (Å²) < 4.78 is 0. The van der Waals surface area contributed by atoms with Crippen molar-refractivity contribution in [2.24, 2.45) is 0 Å². The summed E-state index contributed by atoms with van der Waals surface area (Å²) in [5.74, 6) is 0. The Morgan fingerprint density at radius 1 is 0.500 bits per heavy atom. The molecule has 2 aromatic carbocycles. The number of rotatable bonds is 11. The summed E-state index contributed by atoms with van der Waals surface area (Å²) in [5, 5.41) is 0. The molecule has 0 unspecified atom stereocenters. The topological polar surface area (TPSA) is 0 Å². The average Bonchev–Trinajstić information content (AvgIpc) is 2.58. The normalized spacial score (nSPS) is 10.7. The Hall–Kier alpha value is -1.56. The van der Waals surface area contributed by atoms with Gasteiger partial charge in [0.1, 0.15) is 0 Å². The molecule has 0 aliphatic rings. The van der Waals surface area contributed by atoms with Gasteiger partial charge < -0.3 is 0 Å². The molecule has 0 aliphatic heterocycles. The van der Waals surface area contributed by atoms with Crippen molar-refractivity contribution in [3.05, 3.63) is 78.2 Å². The quantitative estimate of drug-likeness (QED) is 0.420. The van der Waals surface area contributed by atoms with Crippen LogP contribution in [0.2, 0.25) is 0 Å². The Labute approximate surface area is 136 Å². The van der Waals surface area contributed by atoms with E-state index in [0.717, 1.165) is 0 Å². The number of hydrogen-bond acceptors (Lipinski definition) is 0. The van der Waals surface area contributed by atoms with Crippen molar-refractivity contribution in [3.8, 4) is 0 Å². The highest BCUT2D eigenvalue weighted by molar-refractivity contribution is 5.15. The Balaban J connectivity index is 1.37. The van der Waals surface area contributed by atoms with Crippen molar-refractivity contribution in [2.45, 2.75) is 57.8 Å². The summed E-state index contributed by atoms with van der Waals surface area (Å²) >= 11 is 0. The molecule has 1 radical (unpaired) electrons. The van der Waals surface area contributed by atoms with E-state index in [9.17, 15) is 0 Å². The first-order valence-corrected chi connectivity index (χ1v) is 8.84. The highest BCUT2D eigenvalue weighted by atomic mass is 14.0. The largest absolute Gasteiger partial charge is 0.0622 e. The van der Waals surface area contributed by atoms with Gasteiger partial charge in [-0.25, -0.2) is 0 Å². The minimum atomic E-state index is 1.23. The number of benzene rings is 2. The maximum Gasteiger partial charge on any atom is -0.0279 e. The third kappa shape index (κ3) is 7.45. The molecule has 117 valence electrons. The van der Waals surface area contributed by atoms with Crippen LogP contribution in [-0.2, 0) is 12.8 Å². The minimum Gasteiger partial charge on any atom is -0.0622 e. The van der Waals surface area contributed by atoms with Crippen LogP contribution in [0.25, 0.3) is 0 Å². The maximum absolute atomic E-state index is 2.49. The SMILES string of the molecule is [CH](CCCCCc1ccccc1)CCCCc1ccccc1. The van der Waals surface area contributed by atoms with Crippen LogP contribution in [0.15, 0.2) is 60.7 Å². The van der Waals surface area contributed by atoms with Crippen molar-refractivity contribution in [1.29, 1.82) is 0 Å². The Morgan fingerprint density at radius 2 is 0.955 bits per heavy atom. The highest BCUT2D eigenvalue weighted by Crippen LogP contribution is 2.12. The predicted molar refractivity (Wildman–Crippen MR) is 96.9 cm³/mol. The van der Waals surface area contributed by atoms with E-state index < -0.39 is 0 Å². The molecule has 0 N–H and O–H groups in total. The van der Waals surface area contributed by atoms with Crippen LogP contribution in [0.3, 0.4) is 0 Å². The summed E-state index contributed by atoms with van der Waals surface area (Å²) in [7, 11) is 0. The third-order valence-corrected chi connectivity index (χ3v) is 4.18. The Morgan fingerprint density at radius 3 is 1.50 bits per heavy atom. The molecule has 0 bridgehead atoms. The van der Waals surface area contributed by atoms with Crippen LogP contribution in [0.5, 0.6) is 0 Å². The van der Waals surface area contributed by atoms with Crippen LogP contribution in [0, 0.1) is 6.42 Å². The van der Waals surface area contributed by atoms with Crippen LogP contribution >= 0.6 is 0 Å². The molecule has 0 heterocycles. The zero-order chi connectivity index (χ0) is 15.3. The molecule has 22 heavy (non-hydrogen) atoms. The van der Waals surface area contributed by atoms with Gasteiger partial charge in [-0.1, -0.05) is 92.8 Å². The summed E-state index contributed by atoms with van der Waals surface area (Å²) in [6, 6.07) is 21.7. The second kappa shape index (κ2) is 11.1. The summed E-state index contributed by atoms with van der Waals surface area (Å²) in [5.41, 5.74) is 2.95. The molecule has 0 saturated carbocycles. The van der Waals surface area contributed by atoms with Gasteiger partial charge in [-0.15, -0.1) is 0 Å². The van der Waals surface area contributed by atoms with E-state index in [-0.39, 0.29) is 0 Å². The predicted octanol–water partition coefficient (Wildman–Crippen LogP) is 6.41. The molecule has 2 aromatic rings. The molecule has 0 fully saturated rings. The molecule has 0 spiro atoms. The van der Waals surface area contributed by atoms with Crippen LogP contribution in [0.4, 0.5) is 0 Å². The zero-order valence-electron chi connectivity index (χ0n) is 13.7. The lowest BCUT2D eigenvalue weighted by molar-refractivity contribution is 0.642. The lowest BCUT2D eigenvalue weighted by Gasteiger charge is -2.03. The van der Waals surface area contributed by atoms with E-state index in [1.807, 2.05) is 0 Å². The van der Waals surface area contributed by atoms with E-state index in [2.05, 4.69) is 67.1 Å². The van der Waals surface area contributed by atoms with Gasteiger partial charge in [0, 0.05) is 0 Å². The monoisotopic (exact) mass is 293 g/mol. The van der Waals surface area contributed by atoms with E-state index in [1.165, 1.54) is 68.9 Å². The number of aryl methyl sites for hydroxylation is 2. The fourth-order valence-corrected chi connectivity index (χ4v) is 2.85. The lowest BCUT2D eigenvalue weighted by Crippen LogP contribution is -1.87. The van der Waals surface area contributed by atoms with Crippen molar-refractivity contribution in [3.63, 3.8) is 0 Å². The lowest BCUT2D eigenvalue weighted by atomic mass is 10.0. The summed E-state index contributed by atoms with van der Waals surface area (Å²) in [6.07, 6.45) is 14.2. The van der Waals surface area contributed by atoms with Crippen LogP contribution in [0.1, 0.15) is 56.1 Å². The van der Waals surface area contributed by atoms with Crippen molar-refractivity contribution >= 4 is 0 Å². The van der Waals surface area contributed by atoms with Crippen molar-refractivity contribution in [2.75, 3.05) is 0 Å². The first-order chi connectivity index (χ1) is 10.9. The molecule has 0 aromatic heterocycles. The molecule has 0 saturated heterocycles. The van der Waals surface area contributed by atoms with Gasteiger partial charge in [-0.05, 0) is 43.2 Å². The fourth-order valence-electron chi connectivity index (χ4n) is 2.85. The van der Waals surface area contributed by atoms with Gasteiger partial charge in [0.05, 0.1) is 0 Å². The van der Waals surface area contributed by atoms with Crippen LogP contribution in [-0.4, -0.2) is 0 Å². The van der Waals surface area contributed by atoms with E-state index in [0.29, 0.717) is 0 Å². The maximum atomic E-state index is 2.49. The van der Waals surface area contributed by atoms with Gasteiger partial charge in [0.2, 0.25) is 0 Å². The molecular weight excluding hydrogens is 264 g/mol. The Bertz CT molecular complexity index is 424.